The molecule has 0 saturated carbocycles. The number of imidazole rings is 1. The third-order valence-corrected chi connectivity index (χ3v) is 3.54. The summed E-state index contributed by atoms with van der Waals surface area (Å²) in [5, 5.41) is 10.1. The van der Waals surface area contributed by atoms with Gasteiger partial charge in [-0.05, 0) is 39.2 Å². The highest BCUT2D eigenvalue weighted by atomic mass is 16.2. The molecule has 0 fully saturated rings. The van der Waals surface area contributed by atoms with Crippen molar-refractivity contribution in [2.45, 2.75) is 39.7 Å². The van der Waals surface area contributed by atoms with Gasteiger partial charge in [-0.2, -0.15) is 5.10 Å². The van der Waals surface area contributed by atoms with Crippen molar-refractivity contribution in [3.05, 3.63) is 35.7 Å². The standard InChI is InChI=1S/C14H21N5O/c1-10-13(11(2)18-17-10)5-4-6-16-14(20)12(3)19-8-7-15-9-19/h7-9,12H,4-6H2,1-3H3,(H,16,20)(H,17,18)/t12-/m1/s1. The molecule has 1 atom stereocenters. The van der Waals surface area contributed by atoms with Crippen LogP contribution < -0.4 is 5.32 Å². The number of amides is 1. The average Bonchev–Trinajstić information content (AvgIpc) is 3.06. The van der Waals surface area contributed by atoms with Gasteiger partial charge < -0.3 is 9.88 Å². The van der Waals surface area contributed by atoms with E-state index in [1.807, 2.05) is 20.8 Å². The number of nitrogens with one attached hydrogen (secondary N) is 2. The van der Waals surface area contributed by atoms with Gasteiger partial charge in [0.05, 0.1) is 12.0 Å². The topological polar surface area (TPSA) is 75.6 Å². The fourth-order valence-corrected chi connectivity index (χ4v) is 2.20. The Balaban J connectivity index is 1.75. The Kier molecular flexibility index (Phi) is 4.55. The van der Waals surface area contributed by atoms with E-state index in [9.17, 15) is 4.79 Å². The van der Waals surface area contributed by atoms with Crippen molar-refractivity contribution in [1.29, 1.82) is 0 Å². The van der Waals surface area contributed by atoms with Gasteiger partial charge in [0, 0.05) is 24.6 Å². The largest absolute Gasteiger partial charge is 0.354 e. The highest BCUT2D eigenvalue weighted by molar-refractivity contribution is 5.79. The minimum atomic E-state index is -0.227. The predicted molar refractivity (Wildman–Crippen MR) is 76.3 cm³/mol. The zero-order valence-corrected chi connectivity index (χ0v) is 12.2. The van der Waals surface area contributed by atoms with Crippen molar-refractivity contribution in [2.75, 3.05) is 6.54 Å². The van der Waals surface area contributed by atoms with Crippen LogP contribution in [-0.2, 0) is 11.2 Å². The summed E-state index contributed by atoms with van der Waals surface area (Å²) in [5.41, 5.74) is 3.41. The molecule has 2 heterocycles. The van der Waals surface area contributed by atoms with Crippen LogP contribution in [0.15, 0.2) is 18.7 Å². The number of carbonyl (C=O) groups is 1. The van der Waals surface area contributed by atoms with Crippen LogP contribution in [0, 0.1) is 13.8 Å². The maximum atomic E-state index is 12.0. The Labute approximate surface area is 118 Å². The number of H-pyrrole nitrogens is 1. The van der Waals surface area contributed by atoms with Crippen molar-refractivity contribution in [3.8, 4) is 0 Å². The quantitative estimate of drug-likeness (QED) is 0.785. The molecule has 0 aromatic carbocycles. The minimum absolute atomic E-state index is 0.0173. The molecular weight excluding hydrogens is 254 g/mol. The summed E-state index contributed by atoms with van der Waals surface area (Å²) in [5.74, 6) is 0.0173. The third kappa shape index (κ3) is 3.26. The molecule has 1 amide bonds. The summed E-state index contributed by atoms with van der Waals surface area (Å²) in [7, 11) is 0. The average molecular weight is 275 g/mol. The van der Waals surface area contributed by atoms with E-state index < -0.39 is 0 Å². The second kappa shape index (κ2) is 6.36. The molecule has 2 N–H and O–H groups in total. The van der Waals surface area contributed by atoms with Crippen LogP contribution in [0.2, 0.25) is 0 Å². The lowest BCUT2D eigenvalue weighted by Crippen LogP contribution is -2.31. The van der Waals surface area contributed by atoms with Crippen molar-refractivity contribution in [3.63, 3.8) is 0 Å². The van der Waals surface area contributed by atoms with Crippen molar-refractivity contribution < 1.29 is 4.79 Å². The van der Waals surface area contributed by atoms with E-state index in [2.05, 4.69) is 20.5 Å². The summed E-state index contributed by atoms with van der Waals surface area (Å²) in [6, 6.07) is -0.227. The Morgan fingerprint density at radius 3 is 2.90 bits per heavy atom. The molecule has 108 valence electrons. The molecule has 6 heteroatoms. The monoisotopic (exact) mass is 275 g/mol. The number of hydrogen-bond acceptors (Lipinski definition) is 3. The fraction of sp³-hybridized carbons (Fsp3) is 0.500. The zero-order chi connectivity index (χ0) is 14.5. The number of hydrogen-bond donors (Lipinski definition) is 2. The lowest BCUT2D eigenvalue weighted by molar-refractivity contribution is -0.123. The maximum Gasteiger partial charge on any atom is 0.242 e. The number of nitrogens with zero attached hydrogens (tertiary/aromatic N) is 3. The van der Waals surface area contributed by atoms with E-state index in [-0.39, 0.29) is 11.9 Å². The van der Waals surface area contributed by atoms with Crippen LogP contribution in [0.1, 0.15) is 36.3 Å². The molecule has 2 aromatic heterocycles. The van der Waals surface area contributed by atoms with Gasteiger partial charge >= 0.3 is 0 Å². The highest BCUT2D eigenvalue weighted by Crippen LogP contribution is 2.11. The third-order valence-electron chi connectivity index (χ3n) is 3.54. The summed E-state index contributed by atoms with van der Waals surface area (Å²) in [6.07, 6.45) is 6.95. The van der Waals surface area contributed by atoms with Gasteiger partial charge in [0.2, 0.25) is 5.91 Å². The zero-order valence-electron chi connectivity index (χ0n) is 12.2. The van der Waals surface area contributed by atoms with E-state index in [1.165, 1.54) is 5.56 Å². The fourth-order valence-electron chi connectivity index (χ4n) is 2.20. The lowest BCUT2D eigenvalue weighted by atomic mass is 10.1. The van der Waals surface area contributed by atoms with Gasteiger partial charge in [-0.1, -0.05) is 0 Å². The number of carbonyl (C=O) groups excluding carboxylic acids is 1. The van der Waals surface area contributed by atoms with Crippen LogP contribution in [0.4, 0.5) is 0 Å². The summed E-state index contributed by atoms with van der Waals surface area (Å²) >= 11 is 0. The van der Waals surface area contributed by atoms with E-state index in [1.54, 1.807) is 23.3 Å². The first-order chi connectivity index (χ1) is 9.59. The van der Waals surface area contributed by atoms with Gasteiger partial charge in [-0.3, -0.25) is 9.89 Å². The SMILES string of the molecule is Cc1n[nH]c(C)c1CCCNC(=O)[C@@H](C)n1ccnc1. The van der Waals surface area contributed by atoms with Crippen LogP contribution in [-0.4, -0.2) is 32.2 Å². The molecule has 6 nitrogen and oxygen atoms in total. The van der Waals surface area contributed by atoms with E-state index in [0.717, 1.165) is 24.2 Å². The first-order valence-electron chi connectivity index (χ1n) is 6.85. The second-order valence-corrected chi connectivity index (χ2v) is 4.99. The normalized spacial score (nSPS) is 12.3. The lowest BCUT2D eigenvalue weighted by Gasteiger charge is -2.13. The Bertz CT molecular complexity index is 539. The summed E-state index contributed by atoms with van der Waals surface area (Å²) in [4.78, 5) is 15.9. The molecule has 0 aliphatic carbocycles. The number of aromatic nitrogens is 4. The predicted octanol–water partition coefficient (Wildman–Crippen LogP) is 1.53. The number of aryl methyl sites for hydroxylation is 2. The first-order valence-corrected chi connectivity index (χ1v) is 6.85. The van der Waals surface area contributed by atoms with E-state index >= 15 is 0 Å². The molecular formula is C14H21N5O. The molecule has 0 spiro atoms. The van der Waals surface area contributed by atoms with Gasteiger partial charge in [0.25, 0.3) is 0 Å². The summed E-state index contributed by atoms with van der Waals surface area (Å²) in [6.45, 7) is 6.55. The van der Waals surface area contributed by atoms with E-state index in [4.69, 9.17) is 0 Å². The van der Waals surface area contributed by atoms with Gasteiger partial charge in [0.15, 0.2) is 0 Å². The van der Waals surface area contributed by atoms with Crippen LogP contribution in [0.3, 0.4) is 0 Å². The van der Waals surface area contributed by atoms with Gasteiger partial charge in [-0.15, -0.1) is 0 Å². The van der Waals surface area contributed by atoms with Crippen molar-refractivity contribution in [1.82, 2.24) is 25.1 Å². The number of rotatable bonds is 6. The first kappa shape index (κ1) is 14.3. The Hall–Kier alpha value is -2.11. The van der Waals surface area contributed by atoms with Crippen LogP contribution in [0.25, 0.3) is 0 Å². The Morgan fingerprint density at radius 1 is 1.50 bits per heavy atom. The van der Waals surface area contributed by atoms with Gasteiger partial charge in [-0.25, -0.2) is 4.98 Å². The van der Waals surface area contributed by atoms with Gasteiger partial charge in [0.1, 0.15) is 6.04 Å². The van der Waals surface area contributed by atoms with Crippen molar-refractivity contribution in [2.24, 2.45) is 0 Å². The molecule has 0 aliphatic rings. The molecule has 0 aliphatic heterocycles. The minimum Gasteiger partial charge on any atom is -0.354 e. The van der Waals surface area contributed by atoms with E-state index in [0.29, 0.717) is 6.54 Å². The smallest absolute Gasteiger partial charge is 0.242 e. The molecule has 0 saturated heterocycles. The molecule has 0 bridgehead atoms. The number of aromatic amines is 1. The maximum absolute atomic E-state index is 12.0. The van der Waals surface area contributed by atoms with Crippen LogP contribution in [0.5, 0.6) is 0 Å². The second-order valence-electron chi connectivity index (χ2n) is 4.99. The molecule has 2 aromatic rings. The highest BCUT2D eigenvalue weighted by Gasteiger charge is 2.13. The molecule has 2 rings (SSSR count). The molecule has 0 unspecified atom stereocenters. The van der Waals surface area contributed by atoms with Crippen LogP contribution >= 0.6 is 0 Å². The Morgan fingerprint density at radius 2 is 2.30 bits per heavy atom. The van der Waals surface area contributed by atoms with Crippen molar-refractivity contribution >= 4 is 5.91 Å². The molecule has 20 heavy (non-hydrogen) atoms. The summed E-state index contributed by atoms with van der Waals surface area (Å²) < 4.78 is 1.79. The molecule has 0 radical (unpaired) electrons.